The number of aliphatic hydroxyl groups is 1. The van der Waals surface area contributed by atoms with Gasteiger partial charge in [0, 0.05) is 6.92 Å². The molecule has 0 heterocycles. The maximum absolute atomic E-state index is 11.0. The molecule has 0 amide bonds. The van der Waals surface area contributed by atoms with E-state index in [0.717, 1.165) is 19.3 Å². The molecule has 0 fully saturated rings. The van der Waals surface area contributed by atoms with Crippen LogP contribution in [0.5, 0.6) is 0 Å². The molecule has 1 aliphatic rings. The molecule has 114 valence electrons. The molecule has 1 N–H and O–H groups in total. The van der Waals surface area contributed by atoms with E-state index >= 15 is 0 Å². The lowest BCUT2D eigenvalue weighted by Crippen LogP contribution is -2.33. The molecule has 0 aromatic carbocycles. The highest BCUT2D eigenvalue weighted by molar-refractivity contribution is 5.66. The van der Waals surface area contributed by atoms with E-state index in [0.29, 0.717) is 18.3 Å². The predicted octanol–water partition coefficient (Wildman–Crippen LogP) is 3.63. The van der Waals surface area contributed by atoms with Gasteiger partial charge in [0.05, 0.1) is 0 Å². The Labute approximate surface area is 122 Å². The highest BCUT2D eigenvalue weighted by Crippen LogP contribution is 2.26. The lowest BCUT2D eigenvalue weighted by molar-refractivity contribution is -0.146. The van der Waals surface area contributed by atoms with Crippen molar-refractivity contribution in [2.45, 2.75) is 59.0 Å². The normalized spacial score (nSPS) is 32.3. The summed E-state index contributed by atoms with van der Waals surface area (Å²) in [4.78, 5) is 11.0. The molecule has 2 atom stereocenters. The first-order valence-electron chi connectivity index (χ1n) is 7.53. The zero-order valence-electron chi connectivity index (χ0n) is 13.2. The Balaban J connectivity index is 2.86. The summed E-state index contributed by atoms with van der Waals surface area (Å²) >= 11 is 0. The van der Waals surface area contributed by atoms with Gasteiger partial charge in [0.25, 0.3) is 0 Å². The van der Waals surface area contributed by atoms with Crippen LogP contribution in [0.15, 0.2) is 23.8 Å². The zero-order valence-corrected chi connectivity index (χ0v) is 13.2. The summed E-state index contributed by atoms with van der Waals surface area (Å²) in [6.07, 6.45) is 9.73. The van der Waals surface area contributed by atoms with Crippen molar-refractivity contribution in [3.8, 4) is 0 Å². The molecule has 1 aliphatic carbocycles. The van der Waals surface area contributed by atoms with Gasteiger partial charge >= 0.3 is 5.97 Å². The second-order valence-corrected chi connectivity index (χ2v) is 6.28. The third-order valence-electron chi connectivity index (χ3n) is 3.98. The van der Waals surface area contributed by atoms with Crippen molar-refractivity contribution in [2.24, 2.45) is 11.8 Å². The Kier molecular flexibility index (Phi) is 6.47. The number of hydrogen-bond donors (Lipinski definition) is 1. The number of rotatable bonds is 3. The average Bonchev–Trinajstić information content (AvgIpc) is 2.36. The topological polar surface area (TPSA) is 46.5 Å². The highest BCUT2D eigenvalue weighted by Gasteiger charge is 2.26. The number of esters is 1. The Morgan fingerprint density at radius 1 is 1.55 bits per heavy atom. The minimum atomic E-state index is -1.05. The fourth-order valence-corrected chi connectivity index (χ4v) is 2.45. The second kappa shape index (κ2) is 7.63. The van der Waals surface area contributed by atoms with Crippen LogP contribution in [-0.2, 0) is 9.53 Å². The Hall–Kier alpha value is -1.09. The highest BCUT2D eigenvalue weighted by atomic mass is 16.5. The lowest BCUT2D eigenvalue weighted by atomic mass is 9.85. The predicted molar refractivity (Wildman–Crippen MR) is 81.3 cm³/mol. The van der Waals surface area contributed by atoms with E-state index in [2.05, 4.69) is 32.9 Å². The number of carbonyl (C=O) groups is 1. The van der Waals surface area contributed by atoms with E-state index in [4.69, 9.17) is 4.74 Å². The van der Waals surface area contributed by atoms with Gasteiger partial charge in [-0.2, -0.15) is 0 Å². The summed E-state index contributed by atoms with van der Waals surface area (Å²) in [5, 5.41) is 10.6. The van der Waals surface area contributed by atoms with Gasteiger partial charge in [0.2, 0.25) is 0 Å². The third-order valence-corrected chi connectivity index (χ3v) is 3.98. The Morgan fingerprint density at radius 3 is 2.85 bits per heavy atom. The van der Waals surface area contributed by atoms with Crippen LogP contribution in [0, 0.1) is 11.8 Å². The van der Waals surface area contributed by atoms with E-state index in [9.17, 15) is 9.90 Å². The molecule has 0 saturated carbocycles. The number of ether oxygens (including phenoxy) is 1. The minimum Gasteiger partial charge on any atom is -0.462 e. The van der Waals surface area contributed by atoms with Crippen molar-refractivity contribution in [1.29, 1.82) is 0 Å². The first kappa shape index (κ1) is 17.0. The molecule has 1 rings (SSSR count). The summed E-state index contributed by atoms with van der Waals surface area (Å²) in [6, 6.07) is 0. The van der Waals surface area contributed by atoms with Crippen molar-refractivity contribution in [3.63, 3.8) is 0 Å². The fraction of sp³-hybridized carbons (Fsp3) is 0.706. The summed E-state index contributed by atoms with van der Waals surface area (Å²) in [6.45, 7) is 7.95. The maximum atomic E-state index is 11.0. The molecule has 0 bridgehead atoms. The quantitative estimate of drug-likeness (QED) is 0.634. The molecule has 0 aromatic heterocycles. The molecule has 0 radical (unpaired) electrons. The van der Waals surface area contributed by atoms with Crippen LogP contribution in [0.3, 0.4) is 0 Å². The van der Waals surface area contributed by atoms with Gasteiger partial charge in [0.15, 0.2) is 0 Å². The molecule has 20 heavy (non-hydrogen) atoms. The SMILES string of the molecule is CC(=O)OC[C@]1(O)/C=C/[C@H](C(C)C)CC/C(C)=C/CC1. The van der Waals surface area contributed by atoms with Gasteiger partial charge in [-0.15, -0.1) is 0 Å². The van der Waals surface area contributed by atoms with Crippen LogP contribution < -0.4 is 0 Å². The number of carbonyl (C=O) groups excluding carboxylic acids is 1. The van der Waals surface area contributed by atoms with Gasteiger partial charge in [0.1, 0.15) is 12.2 Å². The van der Waals surface area contributed by atoms with E-state index in [1.54, 1.807) is 0 Å². The van der Waals surface area contributed by atoms with Gasteiger partial charge in [-0.25, -0.2) is 0 Å². The molecule has 3 nitrogen and oxygen atoms in total. The van der Waals surface area contributed by atoms with Crippen LogP contribution in [0.25, 0.3) is 0 Å². The number of allylic oxidation sites excluding steroid dienone is 3. The lowest BCUT2D eigenvalue weighted by Gasteiger charge is -2.26. The smallest absolute Gasteiger partial charge is 0.302 e. The molecule has 0 saturated heterocycles. The molecule has 3 heteroatoms. The molecular formula is C17H28O3. The Morgan fingerprint density at radius 2 is 2.25 bits per heavy atom. The van der Waals surface area contributed by atoms with E-state index in [-0.39, 0.29) is 12.6 Å². The van der Waals surface area contributed by atoms with Crippen LogP contribution in [0.2, 0.25) is 0 Å². The van der Waals surface area contributed by atoms with Crippen LogP contribution in [0.4, 0.5) is 0 Å². The zero-order chi connectivity index (χ0) is 15.2. The summed E-state index contributed by atoms with van der Waals surface area (Å²) in [5.41, 5.74) is 0.327. The first-order valence-corrected chi connectivity index (χ1v) is 7.53. The monoisotopic (exact) mass is 280 g/mol. The maximum Gasteiger partial charge on any atom is 0.302 e. The van der Waals surface area contributed by atoms with Crippen molar-refractivity contribution >= 4 is 5.97 Å². The molecule has 0 spiro atoms. The van der Waals surface area contributed by atoms with Gasteiger partial charge < -0.3 is 9.84 Å². The van der Waals surface area contributed by atoms with E-state index in [1.807, 2.05) is 6.08 Å². The van der Waals surface area contributed by atoms with E-state index < -0.39 is 5.60 Å². The summed E-state index contributed by atoms with van der Waals surface area (Å²) in [5.74, 6) is 0.632. The minimum absolute atomic E-state index is 0.0382. The fourth-order valence-electron chi connectivity index (χ4n) is 2.45. The number of hydrogen-bond acceptors (Lipinski definition) is 3. The van der Waals surface area contributed by atoms with Crippen LogP contribution in [-0.4, -0.2) is 23.3 Å². The standard InChI is InChI=1S/C17H28O3/c1-13(2)16-8-7-14(3)6-5-10-17(19,11-9-16)12-20-15(4)18/h6,9,11,13,16,19H,5,7-8,10,12H2,1-4H3/b11-9+,14-6+/t16-,17-/m1/s1. The average molecular weight is 280 g/mol. The van der Waals surface area contributed by atoms with Crippen molar-refractivity contribution < 1.29 is 14.6 Å². The molecule has 0 aliphatic heterocycles. The van der Waals surface area contributed by atoms with Crippen molar-refractivity contribution in [1.82, 2.24) is 0 Å². The summed E-state index contributed by atoms with van der Waals surface area (Å²) < 4.78 is 5.01. The van der Waals surface area contributed by atoms with Crippen molar-refractivity contribution in [3.05, 3.63) is 23.8 Å². The van der Waals surface area contributed by atoms with Gasteiger partial charge in [-0.3, -0.25) is 4.79 Å². The summed E-state index contributed by atoms with van der Waals surface area (Å²) in [7, 11) is 0. The van der Waals surface area contributed by atoms with Gasteiger partial charge in [-0.05, 0) is 44.4 Å². The molecule has 0 unspecified atom stereocenters. The Bertz CT molecular complexity index is 382. The first-order chi connectivity index (χ1) is 9.32. The largest absolute Gasteiger partial charge is 0.462 e. The molecule has 0 aromatic rings. The van der Waals surface area contributed by atoms with E-state index in [1.165, 1.54) is 12.5 Å². The third kappa shape index (κ3) is 5.91. The second-order valence-electron chi connectivity index (χ2n) is 6.28. The van der Waals surface area contributed by atoms with Crippen LogP contribution >= 0.6 is 0 Å². The van der Waals surface area contributed by atoms with Gasteiger partial charge in [-0.1, -0.05) is 37.6 Å². The van der Waals surface area contributed by atoms with Crippen molar-refractivity contribution in [2.75, 3.05) is 6.61 Å². The van der Waals surface area contributed by atoms with Crippen LogP contribution in [0.1, 0.15) is 53.4 Å². The molecular weight excluding hydrogens is 252 g/mol.